The van der Waals surface area contributed by atoms with E-state index < -0.39 is 11.6 Å². The van der Waals surface area contributed by atoms with Gasteiger partial charge in [-0.25, -0.2) is 4.79 Å². The number of carbonyl (C=O) groups excluding carboxylic acids is 2. The average Bonchev–Trinajstić information content (AvgIpc) is 3.13. The fraction of sp³-hybridized carbons (Fsp3) is 0.259. The fourth-order valence-electron chi connectivity index (χ4n) is 4.96. The van der Waals surface area contributed by atoms with Crippen LogP contribution in [-0.2, 0) is 15.1 Å². The van der Waals surface area contributed by atoms with Gasteiger partial charge < -0.3 is 14.8 Å². The van der Waals surface area contributed by atoms with Crippen molar-refractivity contribution in [3.63, 3.8) is 0 Å². The number of hydrogen-bond donors (Lipinski definition) is 1. The summed E-state index contributed by atoms with van der Waals surface area (Å²) in [5.41, 5.74) is 1.97. The van der Waals surface area contributed by atoms with Crippen molar-refractivity contribution < 1.29 is 19.1 Å². The van der Waals surface area contributed by atoms with E-state index in [0.717, 1.165) is 24.2 Å². The lowest BCUT2D eigenvalue weighted by Gasteiger charge is -2.38. The summed E-state index contributed by atoms with van der Waals surface area (Å²) in [6.07, 6.45) is 0. The molecule has 2 unspecified atom stereocenters. The predicted octanol–water partition coefficient (Wildman–Crippen LogP) is 4.92. The Labute approximate surface area is 193 Å². The van der Waals surface area contributed by atoms with Gasteiger partial charge >= 0.3 is 5.97 Å². The highest BCUT2D eigenvalue weighted by Gasteiger charge is 2.54. The van der Waals surface area contributed by atoms with E-state index >= 15 is 0 Å². The van der Waals surface area contributed by atoms with Gasteiger partial charge in [0.05, 0.1) is 22.9 Å². The van der Waals surface area contributed by atoms with E-state index in [0.29, 0.717) is 28.3 Å². The summed E-state index contributed by atoms with van der Waals surface area (Å²) in [5, 5.41) is 3.09. The third-order valence-corrected chi connectivity index (χ3v) is 6.63. The van der Waals surface area contributed by atoms with Crippen molar-refractivity contribution >= 4 is 17.6 Å². The van der Waals surface area contributed by atoms with Gasteiger partial charge in [-0.3, -0.25) is 9.69 Å². The number of likely N-dealkylation sites (N-methyl/N-ethyl adjacent to an activating group) is 1. The van der Waals surface area contributed by atoms with Gasteiger partial charge in [-0.1, -0.05) is 56.3 Å². The van der Waals surface area contributed by atoms with Crippen molar-refractivity contribution in [2.45, 2.75) is 32.4 Å². The maximum Gasteiger partial charge on any atom is 0.340 e. The molecule has 0 radical (unpaired) electrons. The van der Waals surface area contributed by atoms with Gasteiger partial charge in [-0.15, -0.1) is 0 Å². The van der Waals surface area contributed by atoms with Gasteiger partial charge in [0, 0.05) is 11.1 Å². The van der Waals surface area contributed by atoms with Crippen LogP contribution in [0, 0.1) is 0 Å². The van der Waals surface area contributed by atoms with Crippen molar-refractivity contribution in [1.82, 2.24) is 4.90 Å². The molecule has 1 N–H and O–H groups in total. The lowest BCUT2D eigenvalue weighted by atomic mass is 9.77. The largest absolute Gasteiger partial charge is 0.456 e. The normalized spacial score (nSPS) is 18.7. The molecular weight excluding hydrogens is 416 g/mol. The van der Waals surface area contributed by atoms with Gasteiger partial charge in [-0.05, 0) is 44.3 Å². The first-order valence-corrected chi connectivity index (χ1v) is 11.3. The van der Waals surface area contributed by atoms with Crippen LogP contribution in [0.15, 0.2) is 66.7 Å². The number of nitrogens with one attached hydrogen (secondary N) is 1. The quantitative estimate of drug-likeness (QED) is 0.568. The summed E-state index contributed by atoms with van der Waals surface area (Å²) in [5.74, 6) is 0.644. The third kappa shape index (κ3) is 3.13. The Morgan fingerprint density at radius 1 is 0.939 bits per heavy atom. The van der Waals surface area contributed by atoms with Crippen LogP contribution in [0.5, 0.6) is 11.5 Å². The van der Waals surface area contributed by atoms with E-state index in [9.17, 15) is 9.59 Å². The molecule has 0 saturated heterocycles. The molecule has 1 amide bonds. The van der Waals surface area contributed by atoms with Crippen LogP contribution in [0.2, 0.25) is 0 Å². The second kappa shape index (κ2) is 8.05. The smallest absolute Gasteiger partial charge is 0.340 e. The zero-order chi connectivity index (χ0) is 23.2. The molecule has 2 heterocycles. The van der Waals surface area contributed by atoms with E-state index in [-0.39, 0.29) is 11.9 Å². The number of hydrogen-bond acceptors (Lipinski definition) is 5. The molecule has 6 nitrogen and oxygen atoms in total. The van der Waals surface area contributed by atoms with E-state index in [1.54, 1.807) is 6.07 Å². The number of benzene rings is 3. The predicted molar refractivity (Wildman–Crippen MR) is 126 cm³/mol. The van der Waals surface area contributed by atoms with E-state index in [1.165, 1.54) is 0 Å². The minimum atomic E-state index is -1.21. The summed E-state index contributed by atoms with van der Waals surface area (Å²) in [6, 6.07) is 20.1. The first-order chi connectivity index (χ1) is 16.0. The molecule has 2 aliphatic rings. The standard InChI is InChI=1S/C27H26N2O4/c1-4-29(5-2)17(3)25(30)28-21-14-10-16-23-24(21)27(20-13-8-9-15-22(20)32-23)19-12-7-6-11-18(19)26(31)33-27/h6-17H,4-5H2,1-3H3,(H,28,30). The molecule has 0 aliphatic carbocycles. The molecule has 0 saturated carbocycles. The summed E-state index contributed by atoms with van der Waals surface area (Å²) in [7, 11) is 0. The van der Waals surface area contributed by atoms with Gasteiger partial charge in [-0.2, -0.15) is 0 Å². The Morgan fingerprint density at radius 3 is 2.36 bits per heavy atom. The maximum atomic E-state index is 13.2. The molecule has 33 heavy (non-hydrogen) atoms. The van der Waals surface area contributed by atoms with Crippen LogP contribution in [0.3, 0.4) is 0 Å². The zero-order valence-electron chi connectivity index (χ0n) is 18.9. The Balaban J connectivity index is 1.70. The maximum absolute atomic E-state index is 13.2. The Kier molecular flexibility index (Phi) is 5.17. The van der Waals surface area contributed by atoms with Crippen molar-refractivity contribution in [3.8, 4) is 11.5 Å². The monoisotopic (exact) mass is 442 g/mol. The van der Waals surface area contributed by atoms with Crippen molar-refractivity contribution in [2.75, 3.05) is 18.4 Å². The molecule has 2 aliphatic heterocycles. The van der Waals surface area contributed by atoms with Crippen LogP contribution in [0.1, 0.15) is 47.8 Å². The number of ether oxygens (including phenoxy) is 2. The highest BCUT2D eigenvalue weighted by atomic mass is 16.6. The van der Waals surface area contributed by atoms with E-state index in [1.807, 2.05) is 81.4 Å². The van der Waals surface area contributed by atoms with Gasteiger partial charge in [0.2, 0.25) is 5.91 Å². The molecule has 168 valence electrons. The van der Waals surface area contributed by atoms with Crippen LogP contribution in [-0.4, -0.2) is 35.9 Å². The molecule has 0 aromatic heterocycles. The number of nitrogens with zero attached hydrogens (tertiary/aromatic N) is 1. The first kappa shape index (κ1) is 21.2. The number of esters is 1. The number of rotatable bonds is 5. The number of carbonyl (C=O) groups is 2. The van der Waals surface area contributed by atoms with Crippen LogP contribution in [0.4, 0.5) is 5.69 Å². The number of fused-ring (bicyclic) bond motifs is 6. The van der Waals surface area contributed by atoms with Crippen LogP contribution >= 0.6 is 0 Å². The van der Waals surface area contributed by atoms with Gasteiger partial charge in [0.15, 0.2) is 5.60 Å². The first-order valence-electron chi connectivity index (χ1n) is 11.3. The molecule has 6 heteroatoms. The average molecular weight is 443 g/mol. The topological polar surface area (TPSA) is 67.9 Å². The minimum absolute atomic E-state index is 0.126. The fourth-order valence-corrected chi connectivity index (χ4v) is 4.96. The molecule has 0 fully saturated rings. The minimum Gasteiger partial charge on any atom is -0.456 e. The van der Waals surface area contributed by atoms with Crippen molar-refractivity contribution in [1.29, 1.82) is 0 Å². The lowest BCUT2D eigenvalue weighted by molar-refractivity contribution is -0.120. The Morgan fingerprint density at radius 2 is 1.61 bits per heavy atom. The molecule has 1 spiro atoms. The Bertz CT molecular complexity index is 1250. The summed E-state index contributed by atoms with van der Waals surface area (Å²) in [4.78, 5) is 28.3. The lowest BCUT2D eigenvalue weighted by Crippen LogP contribution is -2.42. The van der Waals surface area contributed by atoms with Crippen molar-refractivity contribution in [3.05, 3.63) is 89.0 Å². The molecule has 0 bridgehead atoms. The molecule has 5 rings (SSSR count). The number of para-hydroxylation sites is 1. The summed E-state index contributed by atoms with van der Waals surface area (Å²) >= 11 is 0. The van der Waals surface area contributed by atoms with Crippen LogP contribution < -0.4 is 10.1 Å². The highest BCUT2D eigenvalue weighted by molar-refractivity contribution is 6.00. The second-order valence-corrected chi connectivity index (χ2v) is 8.28. The zero-order valence-corrected chi connectivity index (χ0v) is 18.9. The highest BCUT2D eigenvalue weighted by Crippen LogP contribution is 2.57. The SMILES string of the molecule is CCN(CC)C(C)C(=O)Nc1cccc2c1C1(OC(=O)c3ccccc31)c1ccccc1O2. The van der Waals surface area contributed by atoms with E-state index in [2.05, 4.69) is 10.2 Å². The third-order valence-electron chi connectivity index (χ3n) is 6.63. The van der Waals surface area contributed by atoms with E-state index in [4.69, 9.17) is 9.47 Å². The second-order valence-electron chi connectivity index (χ2n) is 8.28. The molecule has 2 atom stereocenters. The molecule has 3 aromatic carbocycles. The van der Waals surface area contributed by atoms with Crippen molar-refractivity contribution in [2.24, 2.45) is 0 Å². The van der Waals surface area contributed by atoms with Gasteiger partial charge in [0.25, 0.3) is 0 Å². The Hall–Kier alpha value is -3.64. The van der Waals surface area contributed by atoms with Crippen LogP contribution in [0.25, 0.3) is 0 Å². The molecular formula is C27H26N2O4. The summed E-state index contributed by atoms with van der Waals surface area (Å²) < 4.78 is 12.4. The molecule has 3 aromatic rings. The summed E-state index contributed by atoms with van der Waals surface area (Å²) in [6.45, 7) is 7.50. The number of amides is 1. The van der Waals surface area contributed by atoms with Gasteiger partial charge in [0.1, 0.15) is 11.5 Å². The number of anilines is 1.